The fourth-order valence-electron chi connectivity index (χ4n) is 2.96. The second-order valence-electron chi connectivity index (χ2n) is 6.52. The first-order valence-corrected chi connectivity index (χ1v) is 10.2. The number of nitrogens with one attached hydrogen (secondary N) is 1. The summed E-state index contributed by atoms with van der Waals surface area (Å²) in [4.78, 5) is 16.7. The normalized spacial score (nSPS) is 16.0. The van der Waals surface area contributed by atoms with Crippen LogP contribution in [0.1, 0.15) is 41.6 Å². The quantitative estimate of drug-likeness (QED) is 0.892. The number of pyridine rings is 1. The van der Waals surface area contributed by atoms with Gasteiger partial charge in [-0.05, 0) is 49.6 Å². The second-order valence-corrected chi connectivity index (χ2v) is 8.46. The zero-order chi connectivity index (χ0) is 18.6. The Morgan fingerprint density at radius 3 is 2.46 bits per heavy atom. The van der Waals surface area contributed by atoms with Crippen LogP contribution in [0.4, 0.5) is 5.82 Å². The van der Waals surface area contributed by atoms with E-state index in [1.165, 1.54) is 10.4 Å². The lowest BCUT2D eigenvalue weighted by molar-refractivity contribution is 0.102. The Morgan fingerprint density at radius 2 is 1.81 bits per heavy atom. The number of rotatable bonds is 4. The molecule has 1 aliphatic rings. The van der Waals surface area contributed by atoms with Crippen molar-refractivity contribution in [3.05, 3.63) is 53.7 Å². The summed E-state index contributed by atoms with van der Waals surface area (Å²) in [6, 6.07) is 9.74. The first-order valence-electron chi connectivity index (χ1n) is 8.81. The van der Waals surface area contributed by atoms with Gasteiger partial charge in [0.1, 0.15) is 5.82 Å². The molecule has 0 atom stereocenters. The topological polar surface area (TPSA) is 79.4 Å². The molecule has 26 heavy (non-hydrogen) atoms. The number of nitrogens with zero attached hydrogens (tertiary/aromatic N) is 2. The molecule has 2 heterocycles. The Bertz CT molecular complexity index is 871. The highest BCUT2D eigenvalue weighted by Crippen LogP contribution is 2.21. The van der Waals surface area contributed by atoms with Crippen molar-refractivity contribution in [3.8, 4) is 0 Å². The molecule has 7 heteroatoms. The number of sulfonamides is 1. The summed E-state index contributed by atoms with van der Waals surface area (Å²) in [5, 5.41) is 2.70. The highest BCUT2D eigenvalue weighted by Gasteiger charge is 2.25. The number of carbonyl (C=O) groups is 1. The molecule has 0 aliphatic carbocycles. The summed E-state index contributed by atoms with van der Waals surface area (Å²) in [6.45, 7) is 2.98. The molecule has 1 fully saturated rings. The summed E-state index contributed by atoms with van der Waals surface area (Å²) in [6.07, 6.45) is 5.52. The van der Waals surface area contributed by atoms with Crippen molar-refractivity contribution in [2.45, 2.75) is 37.5 Å². The number of carbonyl (C=O) groups excluding carboxylic acids is 1. The van der Waals surface area contributed by atoms with Gasteiger partial charge < -0.3 is 5.32 Å². The van der Waals surface area contributed by atoms with Crippen LogP contribution in [0.15, 0.2) is 47.5 Å². The van der Waals surface area contributed by atoms with Crippen LogP contribution in [0.2, 0.25) is 0 Å². The van der Waals surface area contributed by atoms with E-state index in [4.69, 9.17) is 0 Å². The Morgan fingerprint density at radius 1 is 1.08 bits per heavy atom. The van der Waals surface area contributed by atoms with E-state index in [1.807, 2.05) is 13.0 Å². The lowest BCUT2D eigenvalue weighted by Gasteiger charge is -2.20. The van der Waals surface area contributed by atoms with Crippen molar-refractivity contribution in [1.29, 1.82) is 0 Å². The first-order chi connectivity index (χ1) is 12.5. The number of benzene rings is 1. The van der Waals surface area contributed by atoms with Crippen LogP contribution in [0, 0.1) is 6.92 Å². The van der Waals surface area contributed by atoms with Gasteiger partial charge in [-0.3, -0.25) is 4.79 Å². The van der Waals surface area contributed by atoms with Crippen LogP contribution >= 0.6 is 0 Å². The molecule has 1 aliphatic heterocycles. The van der Waals surface area contributed by atoms with Gasteiger partial charge in [-0.1, -0.05) is 25.0 Å². The van der Waals surface area contributed by atoms with Crippen molar-refractivity contribution in [1.82, 2.24) is 9.29 Å². The SMILES string of the molecule is Cc1ccc(NC(=O)c2cccc(S(=O)(=O)N3CCCCCC3)c2)nc1. The fourth-order valence-corrected chi connectivity index (χ4v) is 4.52. The van der Waals surface area contributed by atoms with Crippen molar-refractivity contribution in [2.75, 3.05) is 18.4 Å². The Kier molecular flexibility index (Phi) is 5.68. The van der Waals surface area contributed by atoms with Gasteiger partial charge in [-0.15, -0.1) is 0 Å². The zero-order valence-corrected chi connectivity index (χ0v) is 15.6. The molecule has 1 amide bonds. The molecule has 1 aromatic carbocycles. The summed E-state index contributed by atoms with van der Waals surface area (Å²) in [5.41, 5.74) is 1.29. The van der Waals surface area contributed by atoms with Crippen LogP contribution in [0.5, 0.6) is 0 Å². The van der Waals surface area contributed by atoms with Gasteiger partial charge in [0, 0.05) is 24.8 Å². The minimum absolute atomic E-state index is 0.156. The highest BCUT2D eigenvalue weighted by atomic mass is 32.2. The van der Waals surface area contributed by atoms with Crippen LogP contribution < -0.4 is 5.32 Å². The van der Waals surface area contributed by atoms with E-state index in [9.17, 15) is 13.2 Å². The zero-order valence-electron chi connectivity index (χ0n) is 14.8. The van der Waals surface area contributed by atoms with E-state index >= 15 is 0 Å². The van der Waals surface area contributed by atoms with Gasteiger partial charge in [-0.25, -0.2) is 13.4 Å². The van der Waals surface area contributed by atoms with Crippen molar-refractivity contribution in [2.24, 2.45) is 0 Å². The minimum atomic E-state index is -3.58. The number of hydrogen-bond acceptors (Lipinski definition) is 4. The van der Waals surface area contributed by atoms with E-state index in [2.05, 4.69) is 10.3 Å². The van der Waals surface area contributed by atoms with Crippen molar-refractivity contribution < 1.29 is 13.2 Å². The van der Waals surface area contributed by atoms with E-state index in [0.29, 0.717) is 24.5 Å². The lowest BCUT2D eigenvalue weighted by atomic mass is 10.2. The molecular weight excluding hydrogens is 350 g/mol. The molecule has 3 rings (SSSR count). The maximum absolute atomic E-state index is 12.9. The van der Waals surface area contributed by atoms with Gasteiger partial charge in [0.25, 0.3) is 5.91 Å². The van der Waals surface area contributed by atoms with Crippen LogP contribution in [0.3, 0.4) is 0 Å². The van der Waals surface area contributed by atoms with E-state index < -0.39 is 10.0 Å². The third kappa shape index (κ3) is 4.28. The average molecular weight is 373 g/mol. The van der Waals surface area contributed by atoms with Crippen LogP contribution in [0.25, 0.3) is 0 Å². The summed E-state index contributed by atoms with van der Waals surface area (Å²) >= 11 is 0. The molecule has 2 aromatic rings. The van der Waals surface area contributed by atoms with E-state index in [0.717, 1.165) is 31.2 Å². The van der Waals surface area contributed by atoms with Crippen LogP contribution in [-0.4, -0.2) is 36.7 Å². The molecule has 6 nitrogen and oxygen atoms in total. The Balaban J connectivity index is 1.80. The number of aryl methyl sites for hydroxylation is 1. The van der Waals surface area contributed by atoms with Crippen LogP contribution in [-0.2, 0) is 10.0 Å². The predicted octanol–water partition coefficient (Wildman–Crippen LogP) is 3.21. The summed E-state index contributed by atoms with van der Waals surface area (Å²) < 4.78 is 27.3. The van der Waals surface area contributed by atoms with Gasteiger partial charge in [0.2, 0.25) is 10.0 Å². The molecule has 1 saturated heterocycles. The maximum Gasteiger partial charge on any atom is 0.256 e. The molecule has 0 unspecified atom stereocenters. The molecule has 138 valence electrons. The smallest absolute Gasteiger partial charge is 0.256 e. The summed E-state index contributed by atoms with van der Waals surface area (Å²) in [5.74, 6) is 0.0515. The number of hydrogen-bond donors (Lipinski definition) is 1. The monoisotopic (exact) mass is 373 g/mol. The summed E-state index contributed by atoms with van der Waals surface area (Å²) in [7, 11) is -3.58. The molecule has 0 saturated carbocycles. The number of anilines is 1. The Labute approximate surface area is 154 Å². The minimum Gasteiger partial charge on any atom is -0.307 e. The predicted molar refractivity (Wildman–Crippen MR) is 101 cm³/mol. The molecule has 1 N–H and O–H groups in total. The number of amides is 1. The third-order valence-corrected chi connectivity index (χ3v) is 6.35. The Hall–Kier alpha value is -2.25. The maximum atomic E-state index is 12.9. The molecule has 0 radical (unpaired) electrons. The van der Waals surface area contributed by atoms with E-state index in [1.54, 1.807) is 30.5 Å². The highest BCUT2D eigenvalue weighted by molar-refractivity contribution is 7.89. The molecule has 0 bridgehead atoms. The van der Waals surface area contributed by atoms with Gasteiger partial charge in [0.05, 0.1) is 4.90 Å². The van der Waals surface area contributed by atoms with Crippen molar-refractivity contribution in [3.63, 3.8) is 0 Å². The molecule has 0 spiro atoms. The second kappa shape index (κ2) is 7.97. The third-order valence-electron chi connectivity index (χ3n) is 4.45. The average Bonchev–Trinajstić information content (AvgIpc) is 2.94. The number of aromatic nitrogens is 1. The largest absolute Gasteiger partial charge is 0.307 e. The van der Waals surface area contributed by atoms with E-state index in [-0.39, 0.29) is 10.8 Å². The fraction of sp³-hybridized carbons (Fsp3) is 0.368. The first kappa shape index (κ1) is 18.5. The lowest BCUT2D eigenvalue weighted by Crippen LogP contribution is -2.32. The van der Waals surface area contributed by atoms with Gasteiger partial charge >= 0.3 is 0 Å². The van der Waals surface area contributed by atoms with Gasteiger partial charge in [-0.2, -0.15) is 4.31 Å². The van der Waals surface area contributed by atoms with Gasteiger partial charge in [0.15, 0.2) is 0 Å². The molecule has 1 aromatic heterocycles. The molecular formula is C19H23N3O3S. The standard InChI is InChI=1S/C19H23N3O3S/c1-15-9-10-18(20-14-15)21-19(23)16-7-6-8-17(13-16)26(24,25)22-11-4-2-3-5-12-22/h6-10,13-14H,2-5,11-12H2,1H3,(H,20,21,23). The van der Waals surface area contributed by atoms with Crippen molar-refractivity contribution >= 4 is 21.7 Å².